The highest BCUT2D eigenvalue weighted by atomic mass is 16.5. The molecule has 1 aliphatic heterocycles. The highest BCUT2D eigenvalue weighted by molar-refractivity contribution is 5.22. The van der Waals surface area contributed by atoms with E-state index in [1.807, 2.05) is 30.3 Å². The van der Waals surface area contributed by atoms with Crippen LogP contribution in [-0.2, 0) is 10.3 Å². The van der Waals surface area contributed by atoms with Crippen molar-refractivity contribution in [3.8, 4) is 0 Å². The zero-order valence-electron chi connectivity index (χ0n) is 13.0. The molecule has 1 aromatic carbocycles. The van der Waals surface area contributed by atoms with E-state index >= 15 is 0 Å². The molecule has 21 heavy (non-hydrogen) atoms. The lowest BCUT2D eigenvalue weighted by Gasteiger charge is -2.35. The third kappa shape index (κ3) is 4.51. The summed E-state index contributed by atoms with van der Waals surface area (Å²) in [6, 6.07) is 9.77. The Bertz CT molecular complexity index is 405. The van der Waals surface area contributed by atoms with E-state index in [1.54, 1.807) is 7.11 Å². The highest BCUT2D eigenvalue weighted by Crippen LogP contribution is 2.25. The van der Waals surface area contributed by atoms with Gasteiger partial charge in [0.15, 0.2) is 0 Å². The first-order valence-corrected chi connectivity index (χ1v) is 7.87. The number of piperidine rings is 1. The van der Waals surface area contributed by atoms with Crippen molar-refractivity contribution in [2.24, 2.45) is 11.7 Å². The first-order chi connectivity index (χ1) is 10.2. The fraction of sp³-hybridized carbons (Fsp3) is 0.647. The fourth-order valence-corrected chi connectivity index (χ4v) is 3.07. The van der Waals surface area contributed by atoms with Gasteiger partial charge in [0.1, 0.15) is 5.60 Å². The standard InChI is InChI=1S/C17H28N2O2/c1-21-13-15-7-10-19(11-8-15)12-9-17(20,14-18)16-5-3-2-4-6-16/h2-6,15,20H,7-14,18H2,1H3. The van der Waals surface area contributed by atoms with Gasteiger partial charge in [0.25, 0.3) is 0 Å². The summed E-state index contributed by atoms with van der Waals surface area (Å²) < 4.78 is 5.23. The lowest BCUT2D eigenvalue weighted by molar-refractivity contribution is 0.0192. The summed E-state index contributed by atoms with van der Waals surface area (Å²) in [7, 11) is 1.77. The van der Waals surface area contributed by atoms with Crippen molar-refractivity contribution >= 4 is 0 Å². The quantitative estimate of drug-likeness (QED) is 0.801. The first-order valence-electron chi connectivity index (χ1n) is 7.87. The van der Waals surface area contributed by atoms with Gasteiger partial charge in [-0.1, -0.05) is 30.3 Å². The normalized spacial score (nSPS) is 20.3. The second-order valence-electron chi connectivity index (χ2n) is 6.09. The SMILES string of the molecule is COCC1CCN(CCC(O)(CN)c2ccccc2)CC1. The van der Waals surface area contributed by atoms with E-state index in [-0.39, 0.29) is 6.54 Å². The Balaban J connectivity index is 1.84. The molecule has 0 aliphatic carbocycles. The summed E-state index contributed by atoms with van der Waals surface area (Å²) in [5.74, 6) is 0.689. The van der Waals surface area contributed by atoms with Crippen LogP contribution in [0.5, 0.6) is 0 Å². The first kappa shape index (κ1) is 16.4. The summed E-state index contributed by atoms with van der Waals surface area (Å²) in [5.41, 5.74) is 5.84. The molecule has 118 valence electrons. The lowest BCUT2D eigenvalue weighted by atomic mass is 9.89. The van der Waals surface area contributed by atoms with Gasteiger partial charge in [-0.2, -0.15) is 0 Å². The molecule has 1 aliphatic rings. The number of hydrogen-bond donors (Lipinski definition) is 2. The molecular weight excluding hydrogens is 264 g/mol. The van der Waals surface area contributed by atoms with Crippen LogP contribution in [0.3, 0.4) is 0 Å². The molecule has 0 amide bonds. The molecular formula is C17H28N2O2. The van der Waals surface area contributed by atoms with Gasteiger partial charge in [-0.05, 0) is 43.8 Å². The van der Waals surface area contributed by atoms with E-state index in [0.717, 1.165) is 31.8 Å². The van der Waals surface area contributed by atoms with E-state index in [2.05, 4.69) is 4.90 Å². The van der Waals surface area contributed by atoms with E-state index in [0.29, 0.717) is 12.3 Å². The van der Waals surface area contributed by atoms with Gasteiger partial charge >= 0.3 is 0 Å². The van der Waals surface area contributed by atoms with Crippen LogP contribution >= 0.6 is 0 Å². The Morgan fingerprint density at radius 1 is 1.29 bits per heavy atom. The van der Waals surface area contributed by atoms with Crippen LogP contribution in [0.15, 0.2) is 30.3 Å². The molecule has 0 saturated carbocycles. The highest BCUT2D eigenvalue weighted by Gasteiger charge is 2.29. The number of ether oxygens (including phenoxy) is 1. The van der Waals surface area contributed by atoms with Gasteiger partial charge in [-0.25, -0.2) is 0 Å². The van der Waals surface area contributed by atoms with Gasteiger partial charge in [0.05, 0.1) is 0 Å². The summed E-state index contributed by atoms with van der Waals surface area (Å²) in [4.78, 5) is 2.43. The topological polar surface area (TPSA) is 58.7 Å². The van der Waals surface area contributed by atoms with Crippen LogP contribution in [-0.4, -0.2) is 49.9 Å². The number of benzene rings is 1. The Morgan fingerprint density at radius 3 is 2.52 bits per heavy atom. The number of nitrogens with two attached hydrogens (primary N) is 1. The fourth-order valence-electron chi connectivity index (χ4n) is 3.07. The van der Waals surface area contributed by atoms with E-state index in [1.165, 1.54) is 12.8 Å². The Morgan fingerprint density at radius 2 is 1.95 bits per heavy atom. The monoisotopic (exact) mass is 292 g/mol. The molecule has 4 heteroatoms. The zero-order valence-corrected chi connectivity index (χ0v) is 13.0. The van der Waals surface area contributed by atoms with Crippen molar-refractivity contribution in [3.05, 3.63) is 35.9 Å². The molecule has 1 unspecified atom stereocenters. The molecule has 1 saturated heterocycles. The molecule has 4 nitrogen and oxygen atoms in total. The average Bonchev–Trinajstić information content (AvgIpc) is 2.55. The maximum Gasteiger partial charge on any atom is 0.103 e. The number of rotatable bonds is 7. The number of aliphatic hydroxyl groups is 1. The van der Waals surface area contributed by atoms with Crippen LogP contribution in [0, 0.1) is 5.92 Å². The van der Waals surface area contributed by atoms with Gasteiger partial charge in [-0.15, -0.1) is 0 Å². The lowest BCUT2D eigenvalue weighted by Crippen LogP contribution is -2.41. The maximum absolute atomic E-state index is 10.8. The van der Waals surface area contributed by atoms with Crippen LogP contribution < -0.4 is 5.73 Å². The van der Waals surface area contributed by atoms with Crippen LogP contribution in [0.1, 0.15) is 24.8 Å². The van der Waals surface area contributed by atoms with Crippen molar-refractivity contribution in [3.63, 3.8) is 0 Å². The predicted octanol–water partition coefficient (Wildman–Crippen LogP) is 1.58. The number of hydrogen-bond acceptors (Lipinski definition) is 4. The second-order valence-corrected chi connectivity index (χ2v) is 6.09. The molecule has 3 N–H and O–H groups in total. The molecule has 0 radical (unpaired) electrons. The molecule has 0 aromatic heterocycles. The molecule has 1 atom stereocenters. The third-order valence-corrected chi connectivity index (χ3v) is 4.60. The molecule has 1 heterocycles. The minimum Gasteiger partial charge on any atom is -0.384 e. The summed E-state index contributed by atoms with van der Waals surface area (Å²) in [6.45, 7) is 4.19. The van der Waals surface area contributed by atoms with Crippen molar-refractivity contribution in [2.75, 3.05) is 39.9 Å². The zero-order chi connectivity index (χ0) is 15.1. The summed E-state index contributed by atoms with van der Waals surface area (Å²) >= 11 is 0. The Kier molecular flexibility index (Phi) is 6.18. The largest absolute Gasteiger partial charge is 0.384 e. The smallest absolute Gasteiger partial charge is 0.103 e. The average molecular weight is 292 g/mol. The van der Waals surface area contributed by atoms with Crippen molar-refractivity contribution in [2.45, 2.75) is 24.9 Å². The predicted molar refractivity (Wildman–Crippen MR) is 85.1 cm³/mol. The van der Waals surface area contributed by atoms with Crippen LogP contribution in [0.2, 0.25) is 0 Å². The second kappa shape index (κ2) is 7.90. The van der Waals surface area contributed by atoms with Crippen molar-refractivity contribution in [1.82, 2.24) is 4.90 Å². The number of nitrogens with zero attached hydrogens (tertiary/aromatic N) is 1. The van der Waals surface area contributed by atoms with E-state index < -0.39 is 5.60 Å². The number of likely N-dealkylation sites (tertiary alicyclic amines) is 1. The van der Waals surface area contributed by atoms with Crippen LogP contribution in [0.4, 0.5) is 0 Å². The molecule has 1 aromatic rings. The molecule has 2 rings (SSSR count). The van der Waals surface area contributed by atoms with Gasteiger partial charge in [-0.3, -0.25) is 0 Å². The molecule has 0 spiro atoms. The van der Waals surface area contributed by atoms with Crippen LogP contribution in [0.25, 0.3) is 0 Å². The van der Waals surface area contributed by atoms with Crippen molar-refractivity contribution in [1.29, 1.82) is 0 Å². The van der Waals surface area contributed by atoms with E-state index in [4.69, 9.17) is 10.5 Å². The van der Waals surface area contributed by atoms with Gasteiger partial charge in [0.2, 0.25) is 0 Å². The minimum absolute atomic E-state index is 0.261. The van der Waals surface area contributed by atoms with E-state index in [9.17, 15) is 5.11 Å². The maximum atomic E-state index is 10.8. The van der Waals surface area contributed by atoms with Gasteiger partial charge in [0, 0.05) is 26.8 Å². The minimum atomic E-state index is -0.912. The summed E-state index contributed by atoms with van der Waals surface area (Å²) in [6.07, 6.45) is 3.04. The summed E-state index contributed by atoms with van der Waals surface area (Å²) in [5, 5.41) is 10.8. The number of methoxy groups -OCH3 is 1. The van der Waals surface area contributed by atoms with Gasteiger partial charge < -0.3 is 20.5 Å². The molecule has 1 fully saturated rings. The third-order valence-electron chi connectivity index (χ3n) is 4.60. The Hall–Kier alpha value is -0.940. The van der Waals surface area contributed by atoms with Crippen molar-refractivity contribution < 1.29 is 9.84 Å². The molecule has 0 bridgehead atoms. The Labute approximate surface area is 127 Å².